The van der Waals surface area contributed by atoms with Crippen molar-refractivity contribution in [2.75, 3.05) is 7.11 Å². The number of aromatic nitrogens is 1. The van der Waals surface area contributed by atoms with Crippen LogP contribution in [0.25, 0.3) is 0 Å². The number of nitriles is 1. The zero-order chi connectivity index (χ0) is 13.7. The topological polar surface area (TPSA) is 63.0 Å². The van der Waals surface area contributed by atoms with Gasteiger partial charge < -0.3 is 4.74 Å². The minimum atomic E-state index is -2.84. The summed E-state index contributed by atoms with van der Waals surface area (Å²) in [4.78, 5) is 15.0. The van der Waals surface area contributed by atoms with Gasteiger partial charge in [0.2, 0.25) is 0 Å². The summed E-state index contributed by atoms with van der Waals surface area (Å²) in [6.07, 6.45) is -2.25. The Kier molecular flexibility index (Phi) is 4.98. The van der Waals surface area contributed by atoms with E-state index in [9.17, 15) is 13.6 Å². The lowest BCUT2D eigenvalue weighted by molar-refractivity contribution is -0.139. The first-order chi connectivity index (χ1) is 8.54. The number of esters is 1. The molecule has 1 aromatic heterocycles. The van der Waals surface area contributed by atoms with Gasteiger partial charge in [-0.2, -0.15) is 5.26 Å². The number of alkyl halides is 3. The molecule has 4 nitrogen and oxygen atoms in total. The molecule has 0 bridgehead atoms. The molecule has 0 saturated heterocycles. The van der Waals surface area contributed by atoms with Crippen LogP contribution in [0.5, 0.6) is 0 Å². The molecular weight excluding hydrogens is 266 g/mol. The Bertz CT molecular complexity index is 501. The van der Waals surface area contributed by atoms with Crippen molar-refractivity contribution in [1.29, 1.82) is 5.26 Å². The van der Waals surface area contributed by atoms with Crippen molar-refractivity contribution in [3.63, 3.8) is 0 Å². The maximum atomic E-state index is 12.7. The van der Waals surface area contributed by atoms with Crippen molar-refractivity contribution in [3.05, 3.63) is 28.6 Å². The van der Waals surface area contributed by atoms with E-state index in [2.05, 4.69) is 9.72 Å². The Labute approximate surface area is 107 Å². The number of hydrogen-bond donors (Lipinski definition) is 0. The van der Waals surface area contributed by atoms with Crippen molar-refractivity contribution in [2.24, 2.45) is 0 Å². The molecule has 0 amide bonds. The van der Waals surface area contributed by atoms with Crippen LogP contribution in [0.4, 0.5) is 8.78 Å². The van der Waals surface area contributed by atoms with Gasteiger partial charge >= 0.3 is 5.97 Å². The van der Waals surface area contributed by atoms with Gasteiger partial charge in [-0.1, -0.05) is 0 Å². The van der Waals surface area contributed by atoms with Gasteiger partial charge in [-0.15, -0.1) is 11.6 Å². The van der Waals surface area contributed by atoms with E-state index in [1.165, 1.54) is 7.11 Å². The summed E-state index contributed by atoms with van der Waals surface area (Å²) < 4.78 is 29.9. The molecule has 0 fully saturated rings. The van der Waals surface area contributed by atoms with Crippen LogP contribution < -0.4 is 0 Å². The van der Waals surface area contributed by atoms with Gasteiger partial charge in [-0.3, -0.25) is 9.78 Å². The molecule has 0 unspecified atom stereocenters. The van der Waals surface area contributed by atoms with E-state index >= 15 is 0 Å². The molecule has 0 aliphatic carbocycles. The molecule has 0 aliphatic heterocycles. The first kappa shape index (κ1) is 14.3. The van der Waals surface area contributed by atoms with E-state index in [0.29, 0.717) is 0 Å². The molecule has 1 aromatic rings. The molecule has 1 heterocycles. The second kappa shape index (κ2) is 6.26. The van der Waals surface area contributed by atoms with E-state index < -0.39 is 18.0 Å². The highest BCUT2D eigenvalue weighted by Gasteiger charge is 2.21. The highest BCUT2D eigenvalue weighted by Crippen LogP contribution is 2.27. The number of pyridine rings is 1. The fraction of sp³-hybridized carbons (Fsp3) is 0.364. The fourth-order valence-corrected chi connectivity index (χ4v) is 1.66. The molecule has 0 spiro atoms. The SMILES string of the molecule is COC(=O)Cc1c(CCl)ncc(C(F)F)c1C#N. The molecule has 0 radical (unpaired) electrons. The molecule has 0 N–H and O–H groups in total. The maximum Gasteiger partial charge on any atom is 0.310 e. The molecule has 0 aliphatic rings. The lowest BCUT2D eigenvalue weighted by atomic mass is 10.00. The average Bonchev–Trinajstić information content (AvgIpc) is 2.37. The number of nitrogens with zero attached hydrogens (tertiary/aromatic N) is 2. The van der Waals surface area contributed by atoms with Gasteiger partial charge in [0, 0.05) is 11.8 Å². The lowest BCUT2D eigenvalue weighted by Gasteiger charge is -2.11. The van der Waals surface area contributed by atoms with E-state index in [0.717, 1.165) is 6.20 Å². The number of carbonyl (C=O) groups excluding carboxylic acids is 1. The molecule has 7 heteroatoms. The summed E-state index contributed by atoms with van der Waals surface area (Å²) in [7, 11) is 1.17. The van der Waals surface area contributed by atoms with Crippen LogP contribution in [0.15, 0.2) is 6.20 Å². The van der Waals surface area contributed by atoms with Crippen molar-refractivity contribution in [2.45, 2.75) is 18.7 Å². The zero-order valence-electron chi connectivity index (χ0n) is 9.41. The minimum absolute atomic E-state index is 0.0788. The maximum absolute atomic E-state index is 12.7. The largest absolute Gasteiger partial charge is 0.469 e. The van der Waals surface area contributed by atoms with Crippen molar-refractivity contribution in [3.8, 4) is 6.07 Å². The molecular formula is C11H9ClF2N2O2. The van der Waals surface area contributed by atoms with Crippen LogP contribution >= 0.6 is 11.6 Å². The van der Waals surface area contributed by atoms with E-state index in [4.69, 9.17) is 16.9 Å². The highest BCUT2D eigenvalue weighted by atomic mass is 35.5. The first-order valence-electron chi connectivity index (χ1n) is 4.86. The second-order valence-electron chi connectivity index (χ2n) is 3.31. The number of hydrogen-bond acceptors (Lipinski definition) is 4. The first-order valence-corrected chi connectivity index (χ1v) is 5.40. The fourth-order valence-electron chi connectivity index (χ4n) is 1.43. The van der Waals surface area contributed by atoms with Crippen molar-refractivity contribution < 1.29 is 18.3 Å². The van der Waals surface area contributed by atoms with Crippen LogP contribution in [0.3, 0.4) is 0 Å². The predicted octanol–water partition coefficient (Wildman–Crippen LogP) is 2.35. The molecule has 0 atom stereocenters. The van der Waals surface area contributed by atoms with Gasteiger partial charge in [0.05, 0.1) is 36.2 Å². The predicted molar refractivity (Wildman–Crippen MR) is 59.2 cm³/mol. The van der Waals surface area contributed by atoms with Crippen molar-refractivity contribution >= 4 is 17.6 Å². The molecule has 18 heavy (non-hydrogen) atoms. The normalized spacial score (nSPS) is 10.2. The van der Waals surface area contributed by atoms with Crippen LogP contribution in [-0.2, 0) is 21.8 Å². The van der Waals surface area contributed by atoms with Gasteiger partial charge in [-0.25, -0.2) is 8.78 Å². The zero-order valence-corrected chi connectivity index (χ0v) is 10.2. The Morgan fingerprint density at radius 1 is 1.67 bits per heavy atom. The van der Waals surface area contributed by atoms with E-state index in [-0.39, 0.29) is 29.1 Å². The molecule has 96 valence electrons. The van der Waals surface area contributed by atoms with Crippen LogP contribution in [-0.4, -0.2) is 18.1 Å². The summed E-state index contributed by atoms with van der Waals surface area (Å²) in [5.74, 6) is -0.726. The van der Waals surface area contributed by atoms with E-state index in [1.807, 2.05) is 0 Å². The average molecular weight is 275 g/mol. The van der Waals surface area contributed by atoms with Gasteiger partial charge in [0.1, 0.15) is 6.07 Å². The lowest BCUT2D eigenvalue weighted by Crippen LogP contribution is -2.11. The Balaban J connectivity index is 3.38. The molecule has 1 rings (SSSR count). The number of rotatable bonds is 4. The number of ether oxygens (including phenoxy) is 1. The summed E-state index contributed by atoms with van der Waals surface area (Å²) >= 11 is 5.61. The Morgan fingerprint density at radius 3 is 2.78 bits per heavy atom. The second-order valence-corrected chi connectivity index (χ2v) is 3.58. The Morgan fingerprint density at radius 2 is 2.33 bits per heavy atom. The quantitative estimate of drug-likeness (QED) is 0.624. The molecule has 0 saturated carbocycles. The van der Waals surface area contributed by atoms with Gasteiger partial charge in [-0.05, 0) is 0 Å². The number of methoxy groups -OCH3 is 1. The smallest absolute Gasteiger partial charge is 0.310 e. The standard InChI is InChI=1S/C11H9ClF2N2O2/c1-18-10(17)2-6-7(4-15)8(11(13)14)5-16-9(6)3-12/h5,11H,2-3H2,1H3. The summed E-state index contributed by atoms with van der Waals surface area (Å²) in [6.45, 7) is 0. The monoisotopic (exact) mass is 274 g/mol. The molecule has 0 aromatic carbocycles. The van der Waals surface area contributed by atoms with Gasteiger partial charge in [0.15, 0.2) is 0 Å². The minimum Gasteiger partial charge on any atom is -0.469 e. The third kappa shape index (κ3) is 2.93. The number of carbonyl (C=O) groups is 1. The summed E-state index contributed by atoms with van der Waals surface area (Å²) in [5, 5.41) is 8.95. The third-order valence-electron chi connectivity index (χ3n) is 2.32. The van der Waals surface area contributed by atoms with Crippen LogP contribution in [0.1, 0.15) is 28.8 Å². The van der Waals surface area contributed by atoms with Gasteiger partial charge in [0.25, 0.3) is 6.43 Å². The van der Waals surface area contributed by atoms with Crippen LogP contribution in [0, 0.1) is 11.3 Å². The number of halogens is 3. The highest BCUT2D eigenvalue weighted by molar-refractivity contribution is 6.17. The van der Waals surface area contributed by atoms with E-state index in [1.54, 1.807) is 6.07 Å². The summed E-state index contributed by atoms with van der Waals surface area (Å²) in [6, 6.07) is 1.66. The van der Waals surface area contributed by atoms with Crippen LogP contribution in [0.2, 0.25) is 0 Å². The van der Waals surface area contributed by atoms with Crippen molar-refractivity contribution in [1.82, 2.24) is 4.98 Å². The summed E-state index contributed by atoms with van der Waals surface area (Å²) in [5.41, 5.74) is -0.452. The Hall–Kier alpha value is -1.74. The third-order valence-corrected chi connectivity index (χ3v) is 2.57.